The van der Waals surface area contributed by atoms with Crippen molar-refractivity contribution in [2.75, 3.05) is 31.1 Å². The number of para-hydroxylation sites is 1. The summed E-state index contributed by atoms with van der Waals surface area (Å²) >= 11 is 0. The molecule has 1 saturated heterocycles. The molecule has 0 N–H and O–H groups in total. The van der Waals surface area contributed by atoms with Gasteiger partial charge in [0.25, 0.3) is 0 Å². The Balaban J connectivity index is 1.35. The van der Waals surface area contributed by atoms with Gasteiger partial charge in [-0.3, -0.25) is 0 Å². The van der Waals surface area contributed by atoms with Crippen LogP contribution in [0.5, 0.6) is 0 Å². The fourth-order valence-electron chi connectivity index (χ4n) is 3.72. The summed E-state index contributed by atoms with van der Waals surface area (Å²) in [6.07, 6.45) is 0. The lowest BCUT2D eigenvalue weighted by Gasteiger charge is -2.34. The van der Waals surface area contributed by atoms with Gasteiger partial charge < -0.3 is 4.90 Å². The lowest BCUT2D eigenvalue weighted by atomic mass is 10.1. The summed E-state index contributed by atoms with van der Waals surface area (Å²) in [5.41, 5.74) is 0.865. The summed E-state index contributed by atoms with van der Waals surface area (Å²) in [4.78, 5) is 2.34. The van der Waals surface area contributed by atoms with Gasteiger partial charge in [0.05, 0.1) is 10.6 Å². The standard InChI is InChI=1S/C21H20N6O2S/c28-30(29,20-11-10-17-6-4-5-7-18(17)16-20)26-14-12-25(13-15-26)21-22-23-24-27(21)19-8-2-1-3-9-19/h1-11,16H,12-15H2. The Bertz CT molecular complexity index is 1280. The lowest BCUT2D eigenvalue weighted by Crippen LogP contribution is -2.49. The van der Waals surface area contributed by atoms with E-state index in [1.807, 2.05) is 65.6 Å². The molecule has 8 nitrogen and oxygen atoms in total. The molecule has 0 spiro atoms. The van der Waals surface area contributed by atoms with Crippen LogP contribution in [0.3, 0.4) is 0 Å². The topological polar surface area (TPSA) is 84.2 Å². The molecule has 1 fully saturated rings. The number of benzene rings is 3. The van der Waals surface area contributed by atoms with Gasteiger partial charge >= 0.3 is 0 Å². The van der Waals surface area contributed by atoms with E-state index >= 15 is 0 Å². The van der Waals surface area contributed by atoms with Crippen molar-refractivity contribution in [2.45, 2.75) is 4.90 Å². The molecule has 0 atom stereocenters. The number of tetrazole rings is 1. The maximum absolute atomic E-state index is 13.2. The molecule has 3 aromatic carbocycles. The van der Waals surface area contributed by atoms with E-state index in [1.165, 1.54) is 4.31 Å². The molecule has 2 heterocycles. The number of fused-ring (bicyclic) bond motifs is 1. The van der Waals surface area contributed by atoms with Crippen molar-refractivity contribution >= 4 is 26.7 Å². The largest absolute Gasteiger partial charge is 0.337 e. The van der Waals surface area contributed by atoms with Gasteiger partial charge in [-0.2, -0.15) is 8.99 Å². The monoisotopic (exact) mass is 420 g/mol. The first kappa shape index (κ1) is 18.7. The first-order chi connectivity index (χ1) is 14.6. The summed E-state index contributed by atoms with van der Waals surface area (Å²) in [6, 6.07) is 22.7. The SMILES string of the molecule is O=S(=O)(c1ccc2ccccc2c1)N1CCN(c2nnnn2-c2ccccc2)CC1. The van der Waals surface area contributed by atoms with E-state index in [-0.39, 0.29) is 0 Å². The summed E-state index contributed by atoms with van der Waals surface area (Å²) < 4.78 is 29.6. The Morgan fingerprint density at radius 2 is 1.47 bits per heavy atom. The van der Waals surface area contributed by atoms with Crippen LogP contribution in [0.15, 0.2) is 77.7 Å². The number of piperazine rings is 1. The number of anilines is 1. The average Bonchev–Trinajstić information content (AvgIpc) is 3.29. The molecule has 4 aromatic rings. The third-order valence-corrected chi connectivity index (χ3v) is 7.23. The second-order valence-electron chi connectivity index (χ2n) is 7.13. The normalized spacial score (nSPS) is 15.5. The van der Waals surface area contributed by atoms with E-state index in [0.29, 0.717) is 37.0 Å². The van der Waals surface area contributed by atoms with Crippen LogP contribution in [0.1, 0.15) is 0 Å². The predicted octanol–water partition coefficient (Wildman–Crippen LogP) is 2.33. The third kappa shape index (κ3) is 3.31. The molecule has 5 rings (SSSR count). The van der Waals surface area contributed by atoms with E-state index in [1.54, 1.807) is 16.8 Å². The lowest BCUT2D eigenvalue weighted by molar-refractivity contribution is 0.381. The molecular formula is C21H20N6O2S. The number of hydrogen-bond acceptors (Lipinski definition) is 6. The number of nitrogens with zero attached hydrogens (tertiary/aromatic N) is 6. The van der Waals surface area contributed by atoms with Gasteiger partial charge in [-0.05, 0) is 45.5 Å². The molecule has 1 aliphatic heterocycles. The molecule has 0 amide bonds. The van der Waals surface area contributed by atoms with Crippen molar-refractivity contribution < 1.29 is 8.42 Å². The molecule has 1 aliphatic rings. The van der Waals surface area contributed by atoms with Crippen molar-refractivity contribution in [1.82, 2.24) is 24.5 Å². The Hall–Kier alpha value is -3.30. The van der Waals surface area contributed by atoms with Gasteiger partial charge in [0.1, 0.15) is 0 Å². The maximum atomic E-state index is 13.2. The van der Waals surface area contributed by atoms with Gasteiger partial charge in [-0.1, -0.05) is 53.6 Å². The fourth-order valence-corrected chi connectivity index (χ4v) is 5.18. The first-order valence-electron chi connectivity index (χ1n) is 9.71. The van der Waals surface area contributed by atoms with Gasteiger partial charge in [-0.25, -0.2) is 8.42 Å². The highest BCUT2D eigenvalue weighted by molar-refractivity contribution is 7.89. The summed E-state index contributed by atoms with van der Waals surface area (Å²) in [6.45, 7) is 1.77. The molecule has 30 heavy (non-hydrogen) atoms. The van der Waals surface area contributed by atoms with Crippen molar-refractivity contribution in [3.63, 3.8) is 0 Å². The van der Waals surface area contributed by atoms with Crippen LogP contribution >= 0.6 is 0 Å². The molecule has 152 valence electrons. The van der Waals surface area contributed by atoms with Crippen molar-refractivity contribution in [2.24, 2.45) is 0 Å². The minimum absolute atomic E-state index is 0.323. The van der Waals surface area contributed by atoms with Gasteiger partial charge in [0.2, 0.25) is 16.0 Å². The number of hydrogen-bond donors (Lipinski definition) is 0. The fraction of sp³-hybridized carbons (Fsp3) is 0.190. The van der Waals surface area contributed by atoms with Crippen LogP contribution < -0.4 is 4.90 Å². The van der Waals surface area contributed by atoms with Crippen LogP contribution in [0, 0.1) is 0 Å². The second-order valence-corrected chi connectivity index (χ2v) is 9.06. The highest BCUT2D eigenvalue weighted by atomic mass is 32.2. The molecule has 0 aliphatic carbocycles. The van der Waals surface area contributed by atoms with Gasteiger partial charge in [0, 0.05) is 26.2 Å². The van der Waals surface area contributed by atoms with E-state index in [0.717, 1.165) is 16.5 Å². The minimum Gasteiger partial charge on any atom is -0.337 e. The predicted molar refractivity (Wildman–Crippen MR) is 114 cm³/mol. The first-order valence-corrected chi connectivity index (χ1v) is 11.1. The van der Waals surface area contributed by atoms with E-state index < -0.39 is 10.0 Å². The summed E-state index contributed by atoms with van der Waals surface area (Å²) in [5.74, 6) is 0.615. The van der Waals surface area contributed by atoms with Crippen LogP contribution in [0.25, 0.3) is 16.5 Å². The zero-order valence-corrected chi connectivity index (χ0v) is 17.0. The zero-order chi connectivity index (χ0) is 20.6. The molecule has 9 heteroatoms. The van der Waals surface area contributed by atoms with Crippen LogP contribution in [0.4, 0.5) is 5.95 Å². The van der Waals surface area contributed by atoms with Crippen molar-refractivity contribution in [3.8, 4) is 5.69 Å². The Morgan fingerprint density at radius 1 is 0.767 bits per heavy atom. The average molecular weight is 420 g/mol. The Morgan fingerprint density at radius 3 is 2.23 bits per heavy atom. The molecule has 0 saturated carbocycles. The van der Waals surface area contributed by atoms with E-state index in [9.17, 15) is 8.42 Å². The molecular weight excluding hydrogens is 400 g/mol. The second kappa shape index (κ2) is 7.51. The summed E-state index contributed by atoms with van der Waals surface area (Å²) in [7, 11) is -3.56. The van der Waals surface area contributed by atoms with Crippen LogP contribution in [-0.2, 0) is 10.0 Å². The Kier molecular flexibility index (Phi) is 4.68. The smallest absolute Gasteiger partial charge is 0.250 e. The van der Waals surface area contributed by atoms with Crippen LogP contribution in [0.2, 0.25) is 0 Å². The van der Waals surface area contributed by atoms with Crippen LogP contribution in [-0.4, -0.2) is 59.1 Å². The highest BCUT2D eigenvalue weighted by Crippen LogP contribution is 2.24. The van der Waals surface area contributed by atoms with Crippen molar-refractivity contribution in [1.29, 1.82) is 0 Å². The van der Waals surface area contributed by atoms with E-state index in [4.69, 9.17) is 0 Å². The molecule has 1 aromatic heterocycles. The maximum Gasteiger partial charge on any atom is 0.250 e. The molecule has 0 radical (unpaired) electrons. The molecule has 0 bridgehead atoms. The van der Waals surface area contributed by atoms with Gasteiger partial charge in [0.15, 0.2) is 0 Å². The van der Waals surface area contributed by atoms with Crippen molar-refractivity contribution in [3.05, 3.63) is 72.8 Å². The quantitative estimate of drug-likeness (QED) is 0.504. The third-order valence-electron chi connectivity index (χ3n) is 5.33. The number of rotatable bonds is 4. The highest BCUT2D eigenvalue weighted by Gasteiger charge is 2.30. The number of aromatic nitrogens is 4. The summed E-state index contributed by atoms with van der Waals surface area (Å²) in [5, 5.41) is 14.0. The zero-order valence-electron chi connectivity index (χ0n) is 16.2. The Labute approximate surface area is 174 Å². The number of sulfonamides is 1. The van der Waals surface area contributed by atoms with E-state index in [2.05, 4.69) is 15.5 Å². The molecule has 0 unspecified atom stereocenters. The minimum atomic E-state index is -3.56. The van der Waals surface area contributed by atoms with Gasteiger partial charge in [-0.15, -0.1) is 0 Å².